The fourth-order valence-corrected chi connectivity index (χ4v) is 1.28. The summed E-state index contributed by atoms with van der Waals surface area (Å²) in [7, 11) is 13.2. The standard InChI is InChI=1S/C6H9B3F2OS/c1-13(12)4-2-3-5(7,10)6(8,9)11/h2-4H2,1H3. The highest BCUT2D eigenvalue weighted by molar-refractivity contribution is 7.84. The van der Waals surface area contributed by atoms with E-state index in [-0.39, 0.29) is 18.6 Å². The maximum absolute atomic E-state index is 13.1. The second kappa shape index (κ2) is 4.62. The van der Waals surface area contributed by atoms with Gasteiger partial charge >= 0.3 is 0 Å². The van der Waals surface area contributed by atoms with Crippen LogP contribution in [0.25, 0.3) is 0 Å². The topological polar surface area (TPSA) is 17.1 Å². The van der Waals surface area contributed by atoms with Crippen LogP contribution in [0.4, 0.5) is 8.78 Å². The van der Waals surface area contributed by atoms with Crippen molar-refractivity contribution < 1.29 is 13.0 Å². The summed E-state index contributed by atoms with van der Waals surface area (Å²) in [4.78, 5) is 0. The van der Waals surface area contributed by atoms with E-state index in [2.05, 4.69) is 15.7 Å². The Labute approximate surface area is 83.7 Å². The highest BCUT2D eigenvalue weighted by Gasteiger charge is 2.39. The maximum atomic E-state index is 13.1. The molecule has 13 heavy (non-hydrogen) atoms. The van der Waals surface area contributed by atoms with Crippen LogP contribution in [0.5, 0.6) is 0 Å². The molecule has 0 rings (SSSR count). The number of hydrogen-bond acceptors (Lipinski definition) is 1. The number of halogens is 2. The largest absolute Gasteiger partial charge is 0.263 e. The molecule has 0 aromatic heterocycles. The van der Waals surface area contributed by atoms with Gasteiger partial charge in [0.2, 0.25) is 0 Å². The zero-order valence-electron chi connectivity index (χ0n) is 7.43. The van der Waals surface area contributed by atoms with Crippen LogP contribution >= 0.6 is 0 Å². The Balaban J connectivity index is 3.97. The van der Waals surface area contributed by atoms with Crippen LogP contribution in [0.3, 0.4) is 0 Å². The van der Waals surface area contributed by atoms with E-state index in [9.17, 15) is 13.0 Å². The number of alkyl halides is 2. The van der Waals surface area contributed by atoms with Gasteiger partial charge in [-0.05, 0) is 12.8 Å². The maximum Gasteiger partial charge on any atom is 0.123 e. The smallest absolute Gasteiger partial charge is 0.123 e. The van der Waals surface area contributed by atoms with Gasteiger partial charge in [-0.1, -0.05) is 0 Å². The summed E-state index contributed by atoms with van der Waals surface area (Å²) < 4.78 is 36.3. The Bertz CT molecular complexity index is 193. The highest BCUT2D eigenvalue weighted by Crippen LogP contribution is 2.26. The minimum absolute atomic E-state index is 0.177. The van der Waals surface area contributed by atoms with Crippen molar-refractivity contribution in [2.45, 2.75) is 23.9 Å². The lowest BCUT2D eigenvalue weighted by Gasteiger charge is -2.32. The first-order chi connectivity index (χ1) is 5.67. The zero-order valence-corrected chi connectivity index (χ0v) is 8.24. The lowest BCUT2D eigenvalue weighted by atomic mass is 9.50. The Morgan fingerprint density at radius 1 is 1.31 bits per heavy atom. The quantitative estimate of drug-likeness (QED) is 0.567. The van der Waals surface area contributed by atoms with Gasteiger partial charge in [-0.15, -0.1) is 0 Å². The third-order valence-corrected chi connectivity index (χ3v) is 2.47. The highest BCUT2D eigenvalue weighted by atomic mass is 32.2. The van der Waals surface area contributed by atoms with E-state index < -0.39 is 21.8 Å². The molecule has 0 aliphatic heterocycles. The van der Waals surface area contributed by atoms with E-state index in [1.807, 2.05) is 0 Å². The summed E-state index contributed by atoms with van der Waals surface area (Å²) >= 11 is 0. The van der Waals surface area contributed by atoms with Crippen molar-refractivity contribution in [3.05, 3.63) is 0 Å². The second-order valence-electron chi connectivity index (χ2n) is 3.01. The van der Waals surface area contributed by atoms with Crippen molar-refractivity contribution in [3.63, 3.8) is 0 Å². The van der Waals surface area contributed by atoms with Gasteiger partial charge in [0.25, 0.3) is 0 Å². The average molecular weight is 200 g/mol. The molecule has 0 saturated heterocycles. The van der Waals surface area contributed by atoms with Gasteiger partial charge in [-0.3, -0.25) is 13.0 Å². The summed E-state index contributed by atoms with van der Waals surface area (Å²) in [6, 6.07) is 0. The van der Waals surface area contributed by atoms with Crippen molar-refractivity contribution in [2.75, 3.05) is 12.0 Å². The fraction of sp³-hybridized carbons (Fsp3) is 1.00. The molecule has 0 aliphatic rings. The molecule has 0 fully saturated rings. The summed E-state index contributed by atoms with van der Waals surface area (Å²) in [5.41, 5.74) is -5.82. The van der Waals surface area contributed by atoms with E-state index in [0.29, 0.717) is 0 Å². The molecule has 0 amide bonds. The second-order valence-corrected chi connectivity index (χ2v) is 4.57. The molecular formula is C6H9B3F2OS. The monoisotopic (exact) mass is 200 g/mol. The third-order valence-electron chi connectivity index (χ3n) is 1.61. The molecular weight excluding hydrogens is 191 g/mol. The summed E-state index contributed by atoms with van der Waals surface area (Å²) in [5, 5.41) is 0. The van der Waals surface area contributed by atoms with E-state index in [4.69, 9.17) is 7.85 Å². The van der Waals surface area contributed by atoms with Crippen molar-refractivity contribution in [2.24, 2.45) is 0 Å². The van der Waals surface area contributed by atoms with Gasteiger partial charge in [-0.2, -0.15) is 0 Å². The fourth-order valence-electron chi connectivity index (χ4n) is 0.724. The van der Waals surface area contributed by atoms with Gasteiger partial charge in [0.15, 0.2) is 0 Å². The Morgan fingerprint density at radius 3 is 2.08 bits per heavy atom. The lowest BCUT2D eigenvalue weighted by Crippen LogP contribution is -2.49. The Kier molecular flexibility index (Phi) is 4.70. The molecule has 6 radical (unpaired) electrons. The molecule has 0 aliphatic carbocycles. The van der Waals surface area contributed by atoms with Gasteiger partial charge in [-0.25, -0.2) is 0 Å². The normalized spacial score (nSPS) is 19.3. The molecule has 0 bridgehead atoms. The van der Waals surface area contributed by atoms with Crippen molar-refractivity contribution in [3.8, 4) is 0 Å². The molecule has 1 nitrogen and oxygen atoms in total. The minimum atomic E-state index is -3.05. The first-order valence-corrected chi connectivity index (χ1v) is 5.44. The molecule has 0 aromatic carbocycles. The van der Waals surface area contributed by atoms with E-state index in [1.165, 1.54) is 6.26 Å². The number of rotatable bonds is 5. The number of hydrogen-bond donors (Lipinski definition) is 0. The molecule has 0 saturated carbocycles. The summed E-state index contributed by atoms with van der Waals surface area (Å²) in [6.45, 7) is 0. The van der Waals surface area contributed by atoms with E-state index >= 15 is 0 Å². The van der Waals surface area contributed by atoms with Gasteiger partial charge in [0, 0.05) is 22.8 Å². The van der Waals surface area contributed by atoms with Crippen molar-refractivity contribution in [1.29, 1.82) is 0 Å². The van der Waals surface area contributed by atoms with Crippen LogP contribution in [-0.2, 0) is 10.8 Å². The molecule has 0 heterocycles. The lowest BCUT2D eigenvalue weighted by molar-refractivity contribution is 0.143. The molecule has 0 aromatic rings. The van der Waals surface area contributed by atoms with Crippen LogP contribution in [0.2, 0.25) is 0 Å². The molecule has 7 heteroatoms. The first-order valence-electron chi connectivity index (χ1n) is 3.71. The minimum Gasteiger partial charge on any atom is -0.263 e. The molecule has 2 atom stereocenters. The van der Waals surface area contributed by atoms with Crippen LogP contribution in [0.1, 0.15) is 12.8 Å². The Hall–Kier alpha value is 0.205. The molecule has 2 unspecified atom stereocenters. The van der Waals surface area contributed by atoms with Gasteiger partial charge in [0.1, 0.15) is 23.5 Å². The van der Waals surface area contributed by atoms with Crippen LogP contribution in [-0.4, -0.2) is 50.8 Å². The first kappa shape index (κ1) is 13.2. The Morgan fingerprint density at radius 2 is 1.77 bits per heavy atom. The summed E-state index contributed by atoms with van der Waals surface area (Å²) in [6.07, 6.45) is 1.29. The third kappa shape index (κ3) is 4.84. The van der Waals surface area contributed by atoms with Gasteiger partial charge in [0.05, 0.1) is 11.0 Å². The van der Waals surface area contributed by atoms with E-state index in [0.717, 1.165) is 0 Å². The van der Waals surface area contributed by atoms with Crippen LogP contribution in [0.15, 0.2) is 0 Å². The predicted molar refractivity (Wildman–Crippen MR) is 53.1 cm³/mol. The molecule has 0 N–H and O–H groups in total. The zero-order chi connectivity index (χ0) is 10.7. The molecule has 0 spiro atoms. The van der Waals surface area contributed by atoms with Crippen molar-refractivity contribution in [1.82, 2.24) is 0 Å². The van der Waals surface area contributed by atoms with Crippen molar-refractivity contribution >= 4 is 34.3 Å². The SMILES string of the molecule is [B]C([B])(F)C([B])(F)CCCS(C)=O. The predicted octanol–water partition coefficient (Wildman–Crippen LogP) is -0.0603. The summed E-state index contributed by atoms with van der Waals surface area (Å²) in [5.74, 6) is 0.249. The van der Waals surface area contributed by atoms with E-state index in [1.54, 1.807) is 0 Å². The van der Waals surface area contributed by atoms with Crippen LogP contribution in [0, 0.1) is 0 Å². The average Bonchev–Trinajstić information content (AvgIpc) is 1.82. The molecule has 68 valence electrons. The van der Waals surface area contributed by atoms with Crippen LogP contribution < -0.4 is 0 Å². The van der Waals surface area contributed by atoms with Gasteiger partial charge < -0.3 is 0 Å².